The van der Waals surface area contributed by atoms with Crippen molar-refractivity contribution in [2.45, 2.75) is 70.6 Å². The lowest BCUT2D eigenvalue weighted by Crippen LogP contribution is -2.76. The van der Waals surface area contributed by atoms with Gasteiger partial charge in [0.1, 0.15) is 5.54 Å². The zero-order chi connectivity index (χ0) is 15.7. The molecule has 21 heavy (non-hydrogen) atoms. The standard InChI is InChI=1S/C17H30N2O2/c1-5-11-19(13-9-7-8-10-13)15(20)17(18)12-14(21-6-2)16(17,3)4/h5,13-14H,1,6-12,18H2,2-4H3. The van der Waals surface area contributed by atoms with Crippen LogP contribution in [0.1, 0.15) is 52.9 Å². The molecule has 2 aliphatic rings. The van der Waals surface area contributed by atoms with Crippen LogP contribution in [0.15, 0.2) is 12.7 Å². The summed E-state index contributed by atoms with van der Waals surface area (Å²) in [4.78, 5) is 15.0. The highest BCUT2D eigenvalue weighted by Gasteiger charge is 2.64. The molecule has 0 radical (unpaired) electrons. The van der Waals surface area contributed by atoms with E-state index in [1.54, 1.807) is 0 Å². The van der Waals surface area contributed by atoms with E-state index in [0.717, 1.165) is 12.8 Å². The van der Waals surface area contributed by atoms with Gasteiger partial charge in [0.2, 0.25) is 5.91 Å². The van der Waals surface area contributed by atoms with Crippen molar-refractivity contribution in [1.82, 2.24) is 4.90 Å². The van der Waals surface area contributed by atoms with E-state index in [9.17, 15) is 4.79 Å². The van der Waals surface area contributed by atoms with Gasteiger partial charge in [-0.05, 0) is 19.8 Å². The van der Waals surface area contributed by atoms with Crippen LogP contribution in [0.5, 0.6) is 0 Å². The first-order chi connectivity index (χ1) is 9.88. The molecule has 0 aromatic carbocycles. The van der Waals surface area contributed by atoms with Gasteiger partial charge in [-0.2, -0.15) is 0 Å². The second kappa shape index (κ2) is 6.09. The van der Waals surface area contributed by atoms with Crippen molar-refractivity contribution < 1.29 is 9.53 Å². The number of amides is 1. The minimum Gasteiger partial charge on any atom is -0.378 e. The zero-order valence-corrected chi connectivity index (χ0v) is 13.7. The Hall–Kier alpha value is -0.870. The Labute approximate surface area is 128 Å². The van der Waals surface area contributed by atoms with Crippen LogP contribution in [0.25, 0.3) is 0 Å². The number of carbonyl (C=O) groups excluding carboxylic acids is 1. The van der Waals surface area contributed by atoms with E-state index < -0.39 is 5.54 Å². The lowest BCUT2D eigenvalue weighted by molar-refractivity contribution is -0.180. The van der Waals surface area contributed by atoms with Gasteiger partial charge in [-0.1, -0.05) is 32.8 Å². The molecule has 0 heterocycles. The summed E-state index contributed by atoms with van der Waals surface area (Å²) in [6.07, 6.45) is 7.09. The second-order valence-electron chi connectivity index (χ2n) is 7.03. The topological polar surface area (TPSA) is 55.6 Å². The highest BCUT2D eigenvalue weighted by molar-refractivity contribution is 5.89. The van der Waals surface area contributed by atoms with E-state index in [1.165, 1.54) is 12.8 Å². The van der Waals surface area contributed by atoms with Gasteiger partial charge in [-0.3, -0.25) is 4.79 Å². The van der Waals surface area contributed by atoms with Crippen LogP contribution in [0.4, 0.5) is 0 Å². The maximum absolute atomic E-state index is 13.1. The maximum atomic E-state index is 13.1. The number of nitrogens with zero attached hydrogens (tertiary/aromatic N) is 1. The molecule has 1 amide bonds. The van der Waals surface area contributed by atoms with E-state index in [4.69, 9.17) is 10.5 Å². The molecule has 0 bridgehead atoms. The molecule has 0 aromatic rings. The number of hydrogen-bond donors (Lipinski definition) is 1. The molecule has 2 saturated carbocycles. The average molecular weight is 294 g/mol. The predicted octanol–water partition coefficient (Wildman–Crippen LogP) is 2.48. The molecule has 0 saturated heterocycles. The van der Waals surface area contributed by atoms with Crippen LogP contribution in [-0.2, 0) is 9.53 Å². The van der Waals surface area contributed by atoms with Crippen LogP contribution in [-0.4, -0.2) is 41.6 Å². The number of ether oxygens (including phenoxy) is 1. The Morgan fingerprint density at radius 3 is 2.52 bits per heavy atom. The van der Waals surface area contributed by atoms with Gasteiger partial charge in [0.05, 0.1) is 6.10 Å². The Balaban J connectivity index is 2.14. The second-order valence-corrected chi connectivity index (χ2v) is 7.03. The number of rotatable bonds is 6. The molecular weight excluding hydrogens is 264 g/mol. The molecule has 4 heteroatoms. The van der Waals surface area contributed by atoms with Crippen LogP contribution >= 0.6 is 0 Å². The molecule has 2 atom stereocenters. The quantitative estimate of drug-likeness (QED) is 0.766. The molecule has 2 rings (SSSR count). The molecule has 0 aromatic heterocycles. The van der Waals surface area contributed by atoms with Crippen molar-refractivity contribution in [3.8, 4) is 0 Å². The zero-order valence-electron chi connectivity index (χ0n) is 13.7. The molecule has 120 valence electrons. The summed E-state index contributed by atoms with van der Waals surface area (Å²) in [6.45, 7) is 11.1. The van der Waals surface area contributed by atoms with Crippen molar-refractivity contribution >= 4 is 5.91 Å². The normalized spacial score (nSPS) is 31.7. The molecule has 0 aliphatic heterocycles. The lowest BCUT2D eigenvalue weighted by Gasteiger charge is -2.59. The molecule has 0 spiro atoms. The van der Waals surface area contributed by atoms with Crippen molar-refractivity contribution in [3.05, 3.63) is 12.7 Å². The van der Waals surface area contributed by atoms with Crippen molar-refractivity contribution in [2.24, 2.45) is 11.1 Å². The van der Waals surface area contributed by atoms with Gasteiger partial charge >= 0.3 is 0 Å². The monoisotopic (exact) mass is 294 g/mol. The van der Waals surface area contributed by atoms with Gasteiger partial charge < -0.3 is 15.4 Å². The number of hydrogen-bond acceptors (Lipinski definition) is 3. The van der Waals surface area contributed by atoms with Crippen LogP contribution < -0.4 is 5.73 Å². The first-order valence-electron chi connectivity index (χ1n) is 8.21. The first kappa shape index (κ1) is 16.5. The predicted molar refractivity (Wildman–Crippen MR) is 84.9 cm³/mol. The lowest BCUT2D eigenvalue weighted by atomic mass is 9.54. The highest BCUT2D eigenvalue weighted by Crippen LogP contribution is 2.51. The first-order valence-corrected chi connectivity index (χ1v) is 8.21. The summed E-state index contributed by atoms with van der Waals surface area (Å²) >= 11 is 0. The summed E-state index contributed by atoms with van der Waals surface area (Å²) in [7, 11) is 0. The Morgan fingerprint density at radius 2 is 2.05 bits per heavy atom. The van der Waals surface area contributed by atoms with E-state index >= 15 is 0 Å². The summed E-state index contributed by atoms with van der Waals surface area (Å²) in [5.41, 5.74) is 5.41. The van der Waals surface area contributed by atoms with Gasteiger partial charge in [-0.15, -0.1) is 6.58 Å². The molecule has 4 nitrogen and oxygen atoms in total. The maximum Gasteiger partial charge on any atom is 0.243 e. The third-order valence-corrected chi connectivity index (χ3v) is 5.56. The highest BCUT2D eigenvalue weighted by atomic mass is 16.5. The fraction of sp³-hybridized carbons (Fsp3) is 0.824. The summed E-state index contributed by atoms with van der Waals surface area (Å²) in [6, 6.07) is 0.331. The van der Waals surface area contributed by atoms with Crippen LogP contribution in [0.2, 0.25) is 0 Å². The summed E-state index contributed by atoms with van der Waals surface area (Å²) in [5.74, 6) is 0.0789. The van der Waals surface area contributed by atoms with Gasteiger partial charge in [-0.25, -0.2) is 0 Å². The van der Waals surface area contributed by atoms with Crippen LogP contribution in [0, 0.1) is 5.41 Å². The fourth-order valence-electron chi connectivity index (χ4n) is 3.81. The Kier molecular flexibility index (Phi) is 4.79. The summed E-state index contributed by atoms with van der Waals surface area (Å²) < 4.78 is 5.73. The minimum atomic E-state index is -0.807. The fourth-order valence-corrected chi connectivity index (χ4v) is 3.81. The van der Waals surface area contributed by atoms with Gasteiger partial charge in [0.25, 0.3) is 0 Å². The van der Waals surface area contributed by atoms with Crippen molar-refractivity contribution in [3.63, 3.8) is 0 Å². The van der Waals surface area contributed by atoms with E-state index in [-0.39, 0.29) is 17.4 Å². The Morgan fingerprint density at radius 1 is 1.43 bits per heavy atom. The van der Waals surface area contributed by atoms with E-state index in [0.29, 0.717) is 25.6 Å². The van der Waals surface area contributed by atoms with Crippen molar-refractivity contribution in [1.29, 1.82) is 0 Å². The number of nitrogens with two attached hydrogens (primary N) is 1. The molecule has 2 N–H and O–H groups in total. The number of carbonyl (C=O) groups is 1. The van der Waals surface area contributed by atoms with Gasteiger partial charge in [0.15, 0.2) is 0 Å². The molecular formula is C17H30N2O2. The SMILES string of the molecule is C=CCN(C(=O)C1(N)CC(OCC)C1(C)C)C1CCCC1. The molecule has 2 unspecified atom stereocenters. The smallest absolute Gasteiger partial charge is 0.243 e. The van der Waals surface area contributed by atoms with E-state index in [1.807, 2.05) is 17.9 Å². The Bertz CT molecular complexity index is 402. The summed E-state index contributed by atoms with van der Waals surface area (Å²) in [5, 5.41) is 0. The third kappa shape index (κ3) is 2.64. The van der Waals surface area contributed by atoms with Crippen LogP contribution in [0.3, 0.4) is 0 Å². The van der Waals surface area contributed by atoms with Gasteiger partial charge in [0, 0.05) is 31.0 Å². The average Bonchev–Trinajstić information content (AvgIpc) is 2.97. The molecule has 2 fully saturated rings. The van der Waals surface area contributed by atoms with Crippen molar-refractivity contribution in [2.75, 3.05) is 13.2 Å². The third-order valence-electron chi connectivity index (χ3n) is 5.56. The minimum absolute atomic E-state index is 0.0746. The molecule has 2 aliphatic carbocycles. The largest absolute Gasteiger partial charge is 0.378 e. The van der Waals surface area contributed by atoms with E-state index in [2.05, 4.69) is 20.4 Å².